The normalized spacial score (nSPS) is 16.4. The molecule has 1 aromatic heterocycles. The summed E-state index contributed by atoms with van der Waals surface area (Å²) in [6.45, 7) is 1.24. The topological polar surface area (TPSA) is 134 Å². The molecule has 0 spiro atoms. The molecule has 1 atom stereocenters. The number of aromatic amines is 1. The molecule has 7 rings (SSSR count). The zero-order valence-corrected chi connectivity index (χ0v) is 22.8. The first-order valence-electron chi connectivity index (χ1n) is 13.9. The number of aromatic nitrogens is 2. The van der Waals surface area contributed by atoms with Crippen LogP contribution in [0.5, 0.6) is 23.0 Å². The number of aryl methyl sites for hydroxylation is 1. The number of hydrogen-bond acceptors (Lipinski definition) is 7. The van der Waals surface area contributed by atoms with E-state index in [1.807, 2.05) is 47.4 Å². The van der Waals surface area contributed by atoms with Gasteiger partial charge in [0.15, 0.2) is 0 Å². The van der Waals surface area contributed by atoms with E-state index in [9.17, 15) is 19.5 Å². The van der Waals surface area contributed by atoms with Gasteiger partial charge in [-0.1, -0.05) is 18.2 Å². The Morgan fingerprint density at radius 1 is 1.00 bits per heavy atom. The van der Waals surface area contributed by atoms with Gasteiger partial charge in [0.25, 0.3) is 11.5 Å². The molecule has 10 heteroatoms. The lowest BCUT2D eigenvalue weighted by atomic mass is 9.87. The van der Waals surface area contributed by atoms with E-state index in [0.29, 0.717) is 61.9 Å². The number of nitrogens with one attached hydrogen (secondary N) is 2. The summed E-state index contributed by atoms with van der Waals surface area (Å²) in [4.78, 5) is 39.6. The van der Waals surface area contributed by atoms with Crippen LogP contribution in [0.2, 0.25) is 0 Å². The second-order valence-corrected chi connectivity index (χ2v) is 10.3. The fraction of sp³-hybridized carbons (Fsp3) is 0.250. The van der Waals surface area contributed by atoms with Crippen molar-refractivity contribution in [2.75, 3.05) is 19.7 Å². The molecule has 3 aromatic carbocycles. The third-order valence-corrected chi connectivity index (χ3v) is 7.49. The molecule has 4 aromatic rings. The molecule has 3 aliphatic heterocycles. The monoisotopic (exact) mass is 566 g/mol. The molecule has 0 saturated carbocycles. The van der Waals surface area contributed by atoms with Crippen LogP contribution in [-0.2, 0) is 17.6 Å². The average molecular weight is 567 g/mol. The van der Waals surface area contributed by atoms with Crippen molar-refractivity contribution in [2.45, 2.75) is 31.7 Å². The van der Waals surface area contributed by atoms with Crippen LogP contribution in [0.25, 0.3) is 0 Å². The number of carbonyl (C=O) groups excluding carboxylic acids is 2. The molecule has 4 heterocycles. The van der Waals surface area contributed by atoms with Crippen molar-refractivity contribution in [3.8, 4) is 23.0 Å². The fourth-order valence-electron chi connectivity index (χ4n) is 5.42. The Balaban J connectivity index is 1.35. The smallest absolute Gasteiger partial charge is 0.264 e. The number of phenolic OH excluding ortho intramolecular Hbond substituents is 1. The minimum Gasteiger partial charge on any atom is -0.507 e. The molecule has 42 heavy (non-hydrogen) atoms. The van der Waals surface area contributed by atoms with Gasteiger partial charge in [-0.25, -0.2) is 5.10 Å². The van der Waals surface area contributed by atoms with Gasteiger partial charge < -0.3 is 24.8 Å². The number of phenols is 1. The van der Waals surface area contributed by atoms with E-state index in [0.717, 1.165) is 16.7 Å². The molecule has 0 radical (unpaired) electrons. The maximum absolute atomic E-state index is 13.6. The SMILES string of the molecule is O=C1NCCCOc2cccc(c2)C2c3ccc(cc3CCN2C(=O)CCc2ccc(=O)[nH]n2)Oc2ccc(O)c1c2. The lowest BCUT2D eigenvalue weighted by Crippen LogP contribution is -2.40. The maximum atomic E-state index is 13.6. The minimum atomic E-state index is -0.393. The Kier molecular flexibility index (Phi) is 7.59. The van der Waals surface area contributed by atoms with E-state index in [1.54, 1.807) is 12.1 Å². The Bertz CT molecular complexity index is 1680. The summed E-state index contributed by atoms with van der Waals surface area (Å²) < 4.78 is 12.1. The zero-order chi connectivity index (χ0) is 29.1. The van der Waals surface area contributed by atoms with E-state index < -0.39 is 5.91 Å². The van der Waals surface area contributed by atoms with Gasteiger partial charge in [-0.05, 0) is 78.1 Å². The second-order valence-electron chi connectivity index (χ2n) is 10.3. The summed E-state index contributed by atoms with van der Waals surface area (Å²) >= 11 is 0. The van der Waals surface area contributed by atoms with Gasteiger partial charge in [-0.2, -0.15) is 5.10 Å². The molecule has 10 nitrogen and oxygen atoms in total. The van der Waals surface area contributed by atoms with Gasteiger partial charge in [0.1, 0.15) is 23.0 Å². The van der Waals surface area contributed by atoms with Crippen molar-refractivity contribution in [3.63, 3.8) is 0 Å². The number of amides is 2. The number of nitrogens with zero attached hydrogens (tertiary/aromatic N) is 2. The largest absolute Gasteiger partial charge is 0.507 e. The van der Waals surface area contributed by atoms with Crippen molar-refractivity contribution in [2.24, 2.45) is 0 Å². The van der Waals surface area contributed by atoms with E-state index >= 15 is 0 Å². The summed E-state index contributed by atoms with van der Waals surface area (Å²) in [5, 5.41) is 19.6. The Hall–Kier alpha value is -5.12. The summed E-state index contributed by atoms with van der Waals surface area (Å²) in [5.74, 6) is 1.15. The third kappa shape index (κ3) is 5.83. The summed E-state index contributed by atoms with van der Waals surface area (Å²) in [5.41, 5.74) is 3.47. The van der Waals surface area contributed by atoms with Crippen LogP contribution >= 0.6 is 0 Å². The first-order chi connectivity index (χ1) is 20.4. The summed E-state index contributed by atoms with van der Waals surface area (Å²) in [6, 6.07) is 20.8. The number of rotatable bonds is 3. The number of carbonyl (C=O) groups is 2. The van der Waals surface area contributed by atoms with Gasteiger partial charge in [0, 0.05) is 32.0 Å². The molecule has 0 fully saturated rings. The fourth-order valence-corrected chi connectivity index (χ4v) is 5.42. The molecule has 0 aliphatic carbocycles. The van der Waals surface area contributed by atoms with Crippen LogP contribution in [0.15, 0.2) is 77.6 Å². The van der Waals surface area contributed by atoms with E-state index in [1.165, 1.54) is 18.2 Å². The van der Waals surface area contributed by atoms with Crippen molar-refractivity contribution < 1.29 is 24.2 Å². The Morgan fingerprint density at radius 2 is 1.86 bits per heavy atom. The minimum absolute atomic E-state index is 0.0141. The van der Waals surface area contributed by atoms with Gasteiger partial charge in [0.05, 0.1) is 23.9 Å². The molecule has 8 bridgehead atoms. The number of ether oxygens (including phenoxy) is 2. The second kappa shape index (κ2) is 11.8. The van der Waals surface area contributed by atoms with Crippen LogP contribution in [0.1, 0.15) is 51.6 Å². The highest BCUT2D eigenvalue weighted by molar-refractivity contribution is 5.97. The Labute approximate surface area is 241 Å². The van der Waals surface area contributed by atoms with Gasteiger partial charge in [-0.15, -0.1) is 0 Å². The first-order valence-corrected chi connectivity index (χ1v) is 13.9. The molecule has 3 N–H and O–H groups in total. The van der Waals surface area contributed by atoms with Gasteiger partial charge in [-0.3, -0.25) is 14.4 Å². The van der Waals surface area contributed by atoms with E-state index in [-0.39, 0.29) is 35.2 Å². The molecular weight excluding hydrogens is 536 g/mol. The zero-order valence-electron chi connectivity index (χ0n) is 22.8. The number of benzene rings is 3. The molecule has 2 amide bonds. The standard InChI is InChI=1S/C32H30N4O6/c37-28-10-8-25-19-27(28)32(40)33-14-2-16-41-23-4-1-3-21(18-23)31-26-9-7-24(42-25)17-20(26)13-15-36(31)30(39)12-6-22-5-11-29(38)35-34-22/h1,3-5,7-11,17-19,31,37H,2,6,12-16H2,(H,33,40)(H,35,38). The van der Waals surface area contributed by atoms with E-state index in [4.69, 9.17) is 9.47 Å². The molecule has 3 aliphatic rings. The van der Waals surface area contributed by atoms with Crippen molar-refractivity contribution >= 4 is 11.8 Å². The molecule has 1 unspecified atom stereocenters. The Morgan fingerprint density at radius 3 is 2.71 bits per heavy atom. The predicted molar refractivity (Wildman–Crippen MR) is 154 cm³/mol. The lowest BCUT2D eigenvalue weighted by molar-refractivity contribution is -0.133. The van der Waals surface area contributed by atoms with E-state index in [2.05, 4.69) is 15.5 Å². The van der Waals surface area contributed by atoms with Crippen LogP contribution in [0.4, 0.5) is 0 Å². The van der Waals surface area contributed by atoms with Crippen LogP contribution in [0, 0.1) is 0 Å². The number of H-pyrrole nitrogens is 1. The molecule has 0 saturated heterocycles. The first kappa shape index (κ1) is 27.1. The third-order valence-electron chi connectivity index (χ3n) is 7.49. The summed E-state index contributed by atoms with van der Waals surface area (Å²) in [6.07, 6.45) is 1.85. The predicted octanol–water partition coefficient (Wildman–Crippen LogP) is 3.89. The molecule has 214 valence electrons. The van der Waals surface area contributed by atoms with Crippen LogP contribution < -0.4 is 20.3 Å². The van der Waals surface area contributed by atoms with Gasteiger partial charge in [0.2, 0.25) is 5.91 Å². The van der Waals surface area contributed by atoms with Gasteiger partial charge >= 0.3 is 0 Å². The van der Waals surface area contributed by atoms with Crippen LogP contribution in [-0.4, -0.2) is 51.7 Å². The van der Waals surface area contributed by atoms with Crippen molar-refractivity contribution in [1.82, 2.24) is 20.4 Å². The van der Waals surface area contributed by atoms with Crippen LogP contribution in [0.3, 0.4) is 0 Å². The highest BCUT2D eigenvalue weighted by atomic mass is 16.5. The quantitative estimate of drug-likeness (QED) is 0.343. The lowest BCUT2D eigenvalue weighted by Gasteiger charge is -2.38. The highest BCUT2D eigenvalue weighted by Gasteiger charge is 2.32. The average Bonchev–Trinajstić information content (AvgIpc) is 3.00. The number of fused-ring (bicyclic) bond motifs is 6. The number of aromatic hydroxyl groups is 1. The molecular formula is C32H30N4O6. The highest BCUT2D eigenvalue weighted by Crippen LogP contribution is 2.39. The van der Waals surface area contributed by atoms with Crippen molar-refractivity contribution in [1.29, 1.82) is 0 Å². The maximum Gasteiger partial charge on any atom is 0.264 e. The van der Waals surface area contributed by atoms with Crippen molar-refractivity contribution in [3.05, 3.63) is 111 Å². The summed E-state index contributed by atoms with van der Waals surface area (Å²) in [7, 11) is 0. The number of hydrogen-bond donors (Lipinski definition) is 3.